The number of carbonyl (C=O) groups excluding carboxylic acids is 3. The maximum atomic E-state index is 12.7. The molecule has 0 aliphatic heterocycles. The van der Waals surface area contributed by atoms with Gasteiger partial charge in [-0.3, -0.25) is 14.4 Å². The van der Waals surface area contributed by atoms with E-state index in [-0.39, 0.29) is 12.3 Å². The van der Waals surface area contributed by atoms with Gasteiger partial charge >= 0.3 is 5.97 Å². The quantitative estimate of drug-likeness (QED) is 0.259. The first-order chi connectivity index (χ1) is 14.1. The Morgan fingerprint density at radius 1 is 0.933 bits per heavy atom. The number of nitrogens with two attached hydrogens (primary N) is 1. The van der Waals surface area contributed by atoms with E-state index in [1.54, 1.807) is 44.2 Å². The lowest BCUT2D eigenvalue weighted by molar-refractivity contribution is -0.142. The Balaban J connectivity index is 2.79. The van der Waals surface area contributed by atoms with Crippen molar-refractivity contribution < 1.29 is 29.4 Å². The molecule has 10 heteroatoms. The zero-order valence-corrected chi connectivity index (χ0v) is 17.3. The third-order valence-electron chi connectivity index (χ3n) is 4.43. The van der Waals surface area contributed by atoms with Crippen LogP contribution >= 0.6 is 0 Å². The number of benzene rings is 1. The number of aliphatic hydroxyl groups is 1. The van der Waals surface area contributed by atoms with Gasteiger partial charge in [-0.2, -0.15) is 0 Å². The van der Waals surface area contributed by atoms with Gasteiger partial charge < -0.3 is 31.9 Å². The summed E-state index contributed by atoms with van der Waals surface area (Å²) < 4.78 is 0. The van der Waals surface area contributed by atoms with E-state index in [0.29, 0.717) is 0 Å². The van der Waals surface area contributed by atoms with Gasteiger partial charge in [0.1, 0.15) is 24.2 Å². The first-order valence-corrected chi connectivity index (χ1v) is 9.61. The summed E-state index contributed by atoms with van der Waals surface area (Å²) in [6.07, 6.45) is 0.0895. The fraction of sp³-hybridized carbons (Fsp3) is 0.500. The zero-order chi connectivity index (χ0) is 22.8. The third kappa shape index (κ3) is 7.80. The van der Waals surface area contributed by atoms with Crippen molar-refractivity contribution in [1.82, 2.24) is 16.0 Å². The van der Waals surface area contributed by atoms with E-state index in [9.17, 15) is 24.3 Å². The maximum absolute atomic E-state index is 12.7. The number of hydrogen-bond donors (Lipinski definition) is 6. The minimum absolute atomic E-state index is 0.0895. The Bertz CT molecular complexity index is 740. The first kappa shape index (κ1) is 25.1. The van der Waals surface area contributed by atoms with Crippen LogP contribution in [-0.2, 0) is 25.6 Å². The topological polar surface area (TPSA) is 171 Å². The van der Waals surface area contributed by atoms with Gasteiger partial charge in [-0.15, -0.1) is 0 Å². The Hall–Kier alpha value is -2.98. The van der Waals surface area contributed by atoms with E-state index in [1.165, 1.54) is 6.92 Å². The molecule has 0 fully saturated rings. The van der Waals surface area contributed by atoms with Crippen molar-refractivity contribution in [2.45, 2.75) is 51.4 Å². The molecule has 0 saturated heterocycles. The average Bonchev–Trinajstić information content (AvgIpc) is 2.70. The molecule has 4 atom stereocenters. The monoisotopic (exact) mass is 422 g/mol. The van der Waals surface area contributed by atoms with Crippen LogP contribution in [0.15, 0.2) is 30.3 Å². The van der Waals surface area contributed by atoms with Crippen LogP contribution < -0.4 is 21.7 Å². The van der Waals surface area contributed by atoms with Gasteiger partial charge in [0.05, 0.1) is 6.61 Å². The van der Waals surface area contributed by atoms with Gasteiger partial charge in [-0.25, -0.2) is 4.79 Å². The molecule has 0 bridgehead atoms. The molecule has 0 saturated carbocycles. The van der Waals surface area contributed by atoms with Gasteiger partial charge in [0.25, 0.3) is 0 Å². The summed E-state index contributed by atoms with van der Waals surface area (Å²) in [6.45, 7) is 4.22. The molecule has 0 heterocycles. The van der Waals surface area contributed by atoms with Gasteiger partial charge in [-0.05, 0) is 18.4 Å². The molecule has 30 heavy (non-hydrogen) atoms. The molecular weight excluding hydrogens is 392 g/mol. The molecule has 166 valence electrons. The van der Waals surface area contributed by atoms with Crippen LogP contribution in [0.25, 0.3) is 0 Å². The summed E-state index contributed by atoms with van der Waals surface area (Å²) in [4.78, 5) is 48.4. The number of hydrogen-bond acceptors (Lipinski definition) is 6. The number of rotatable bonds is 11. The Morgan fingerprint density at radius 2 is 1.53 bits per heavy atom. The minimum Gasteiger partial charge on any atom is -0.480 e. The van der Waals surface area contributed by atoms with Gasteiger partial charge in [0, 0.05) is 6.42 Å². The van der Waals surface area contributed by atoms with Crippen molar-refractivity contribution in [3.63, 3.8) is 0 Å². The van der Waals surface area contributed by atoms with Crippen LogP contribution in [0.5, 0.6) is 0 Å². The Labute approximate surface area is 175 Å². The van der Waals surface area contributed by atoms with Crippen LogP contribution in [0.2, 0.25) is 0 Å². The SMILES string of the molecule is CC(NC(=O)C(N)CO)C(=O)NC(C(=O)NC(Cc1ccccc1)C(=O)O)C(C)C. The number of carboxylic acid groups (broad SMARTS) is 1. The van der Waals surface area contributed by atoms with E-state index in [4.69, 9.17) is 10.8 Å². The standard InChI is InChI=1S/C20H30N4O6/c1-11(2)16(24-17(26)12(3)22-18(27)14(21)10-25)19(28)23-15(20(29)30)9-13-7-5-4-6-8-13/h4-8,11-12,14-16,25H,9-10,21H2,1-3H3,(H,22,27)(H,23,28)(H,24,26)(H,29,30). The Kier molecular flexibility index (Phi) is 9.93. The van der Waals surface area contributed by atoms with E-state index < -0.39 is 54.5 Å². The fourth-order valence-electron chi connectivity index (χ4n) is 2.59. The van der Waals surface area contributed by atoms with Gasteiger partial charge in [0.2, 0.25) is 17.7 Å². The van der Waals surface area contributed by atoms with E-state index in [2.05, 4.69) is 16.0 Å². The van der Waals surface area contributed by atoms with Crippen molar-refractivity contribution in [2.75, 3.05) is 6.61 Å². The highest BCUT2D eigenvalue weighted by atomic mass is 16.4. The van der Waals surface area contributed by atoms with Crippen molar-refractivity contribution in [3.8, 4) is 0 Å². The molecule has 1 rings (SSSR count). The van der Waals surface area contributed by atoms with Crippen LogP contribution in [0, 0.1) is 5.92 Å². The van der Waals surface area contributed by atoms with E-state index >= 15 is 0 Å². The molecule has 0 radical (unpaired) electrons. The number of carbonyl (C=O) groups is 4. The summed E-state index contributed by atoms with van der Waals surface area (Å²) in [5.74, 6) is -3.54. The van der Waals surface area contributed by atoms with Crippen molar-refractivity contribution >= 4 is 23.7 Å². The molecule has 0 aliphatic carbocycles. The normalized spacial score (nSPS) is 14.9. The van der Waals surface area contributed by atoms with Crippen molar-refractivity contribution in [3.05, 3.63) is 35.9 Å². The van der Waals surface area contributed by atoms with Crippen LogP contribution in [0.3, 0.4) is 0 Å². The third-order valence-corrected chi connectivity index (χ3v) is 4.43. The highest BCUT2D eigenvalue weighted by molar-refractivity contribution is 5.94. The molecular formula is C20H30N4O6. The summed E-state index contributed by atoms with van der Waals surface area (Å²) in [7, 11) is 0. The largest absolute Gasteiger partial charge is 0.480 e. The molecule has 1 aromatic carbocycles. The molecule has 0 aliphatic rings. The summed E-state index contributed by atoms with van der Waals surface area (Å²) in [5.41, 5.74) is 6.14. The lowest BCUT2D eigenvalue weighted by Crippen LogP contribution is -2.58. The molecule has 7 N–H and O–H groups in total. The van der Waals surface area contributed by atoms with Crippen LogP contribution in [0.4, 0.5) is 0 Å². The van der Waals surface area contributed by atoms with E-state index in [0.717, 1.165) is 5.56 Å². The van der Waals surface area contributed by atoms with Crippen molar-refractivity contribution in [1.29, 1.82) is 0 Å². The summed E-state index contributed by atoms with van der Waals surface area (Å²) in [5, 5.41) is 25.7. The Morgan fingerprint density at radius 3 is 2.03 bits per heavy atom. The number of aliphatic carboxylic acids is 1. The number of amides is 3. The first-order valence-electron chi connectivity index (χ1n) is 9.61. The van der Waals surface area contributed by atoms with Gasteiger partial charge in [0.15, 0.2) is 0 Å². The second kappa shape index (κ2) is 11.9. The number of aliphatic hydroxyl groups excluding tert-OH is 1. The lowest BCUT2D eigenvalue weighted by atomic mass is 10.0. The van der Waals surface area contributed by atoms with Crippen LogP contribution in [-0.4, -0.2) is 64.7 Å². The molecule has 1 aromatic rings. The second-order valence-electron chi connectivity index (χ2n) is 7.34. The van der Waals surface area contributed by atoms with E-state index in [1.807, 2.05) is 0 Å². The molecule has 10 nitrogen and oxygen atoms in total. The van der Waals surface area contributed by atoms with Crippen molar-refractivity contribution in [2.24, 2.45) is 11.7 Å². The zero-order valence-electron chi connectivity index (χ0n) is 17.3. The fourth-order valence-corrected chi connectivity index (χ4v) is 2.59. The molecule has 3 amide bonds. The second-order valence-corrected chi connectivity index (χ2v) is 7.34. The number of nitrogens with one attached hydrogen (secondary N) is 3. The average molecular weight is 422 g/mol. The highest BCUT2D eigenvalue weighted by Crippen LogP contribution is 2.07. The van der Waals surface area contributed by atoms with Crippen LogP contribution in [0.1, 0.15) is 26.3 Å². The minimum atomic E-state index is -1.19. The molecule has 0 aromatic heterocycles. The predicted octanol–water partition coefficient (Wildman–Crippen LogP) is -1.24. The highest BCUT2D eigenvalue weighted by Gasteiger charge is 2.30. The smallest absolute Gasteiger partial charge is 0.326 e. The number of carboxylic acids is 1. The van der Waals surface area contributed by atoms with Gasteiger partial charge in [-0.1, -0.05) is 44.2 Å². The summed E-state index contributed by atoms with van der Waals surface area (Å²) >= 11 is 0. The summed E-state index contributed by atoms with van der Waals surface area (Å²) in [6, 6.07) is 4.49. The maximum Gasteiger partial charge on any atom is 0.326 e. The molecule has 4 unspecified atom stereocenters. The molecule has 0 spiro atoms. The predicted molar refractivity (Wildman–Crippen MR) is 109 cm³/mol. The lowest BCUT2D eigenvalue weighted by Gasteiger charge is -2.26.